The van der Waals surface area contributed by atoms with Crippen molar-refractivity contribution in [2.24, 2.45) is 0 Å². The minimum absolute atomic E-state index is 0.0105. The zero-order valence-electron chi connectivity index (χ0n) is 9.37. The summed E-state index contributed by atoms with van der Waals surface area (Å²) in [5.74, 6) is 0.0838. The molecule has 0 spiro atoms. The highest BCUT2D eigenvalue weighted by Crippen LogP contribution is 2.31. The highest BCUT2D eigenvalue weighted by Gasteiger charge is 2.26. The minimum atomic E-state index is -2.99. The van der Waals surface area contributed by atoms with E-state index in [0.717, 1.165) is 0 Å². The van der Waals surface area contributed by atoms with Crippen molar-refractivity contribution >= 4 is 37.1 Å². The van der Waals surface area contributed by atoms with E-state index in [1.165, 1.54) is 6.07 Å². The first-order chi connectivity index (χ1) is 8.39. The van der Waals surface area contributed by atoms with Gasteiger partial charge in [0.2, 0.25) is 0 Å². The molecule has 98 valence electrons. The van der Waals surface area contributed by atoms with E-state index in [2.05, 4.69) is 15.9 Å². The van der Waals surface area contributed by atoms with E-state index < -0.39 is 14.8 Å². The third kappa shape index (κ3) is 2.81. The Balaban J connectivity index is 2.32. The van der Waals surface area contributed by atoms with Crippen LogP contribution in [-0.2, 0) is 9.84 Å². The van der Waals surface area contributed by atoms with Crippen LogP contribution in [0.15, 0.2) is 22.7 Å². The standard InChI is InChI=1S/C10H11BrN2O4S/c11-8-1-2-9(10(7-8)13(14)15)12-3-5-18(16,17)6-4-12/h1-2,7H,3-6H2. The van der Waals surface area contributed by atoms with Crippen LogP contribution in [0.25, 0.3) is 0 Å². The lowest BCUT2D eigenvalue weighted by molar-refractivity contribution is -0.384. The Morgan fingerprint density at radius 2 is 1.89 bits per heavy atom. The number of hydrogen-bond donors (Lipinski definition) is 0. The fourth-order valence-electron chi connectivity index (χ4n) is 1.86. The van der Waals surface area contributed by atoms with Crippen molar-refractivity contribution in [3.8, 4) is 0 Å². The number of hydrogen-bond acceptors (Lipinski definition) is 5. The molecule has 0 amide bonds. The molecule has 18 heavy (non-hydrogen) atoms. The van der Waals surface area contributed by atoms with Gasteiger partial charge in [0.1, 0.15) is 5.69 Å². The van der Waals surface area contributed by atoms with E-state index >= 15 is 0 Å². The summed E-state index contributed by atoms with van der Waals surface area (Å²) < 4.78 is 23.3. The number of nitrogens with zero attached hydrogens (tertiary/aromatic N) is 2. The molecule has 1 aliphatic heterocycles. The Morgan fingerprint density at radius 3 is 2.44 bits per heavy atom. The second-order valence-electron chi connectivity index (χ2n) is 4.03. The van der Waals surface area contributed by atoms with Gasteiger partial charge in [-0.2, -0.15) is 0 Å². The Hall–Kier alpha value is -1.15. The van der Waals surface area contributed by atoms with Crippen LogP contribution in [0, 0.1) is 10.1 Å². The molecule has 1 saturated heterocycles. The molecule has 0 radical (unpaired) electrons. The average Bonchev–Trinajstić information content (AvgIpc) is 2.29. The fraction of sp³-hybridized carbons (Fsp3) is 0.400. The zero-order valence-corrected chi connectivity index (χ0v) is 11.8. The number of halogens is 1. The zero-order chi connectivity index (χ0) is 13.3. The van der Waals surface area contributed by atoms with Gasteiger partial charge in [-0.3, -0.25) is 10.1 Å². The minimum Gasteiger partial charge on any atom is -0.364 e. The van der Waals surface area contributed by atoms with Gasteiger partial charge in [0, 0.05) is 23.6 Å². The van der Waals surface area contributed by atoms with Crippen molar-refractivity contribution in [1.82, 2.24) is 0 Å². The molecule has 6 nitrogen and oxygen atoms in total. The van der Waals surface area contributed by atoms with Crippen LogP contribution in [0.3, 0.4) is 0 Å². The number of rotatable bonds is 2. The van der Waals surface area contributed by atoms with Crippen molar-refractivity contribution in [2.45, 2.75) is 0 Å². The Labute approximate surface area is 113 Å². The lowest BCUT2D eigenvalue weighted by Crippen LogP contribution is -2.40. The van der Waals surface area contributed by atoms with Crippen molar-refractivity contribution in [3.63, 3.8) is 0 Å². The summed E-state index contributed by atoms with van der Waals surface area (Å²) in [6, 6.07) is 4.78. The van der Waals surface area contributed by atoms with Crippen molar-refractivity contribution in [2.75, 3.05) is 29.5 Å². The highest BCUT2D eigenvalue weighted by molar-refractivity contribution is 9.10. The molecule has 0 aliphatic carbocycles. The van der Waals surface area contributed by atoms with Gasteiger partial charge in [0.15, 0.2) is 9.84 Å². The third-order valence-electron chi connectivity index (χ3n) is 2.82. The van der Waals surface area contributed by atoms with Crippen LogP contribution in [0.4, 0.5) is 11.4 Å². The number of sulfone groups is 1. The molecule has 2 rings (SSSR count). The lowest BCUT2D eigenvalue weighted by atomic mass is 10.2. The molecular weight excluding hydrogens is 324 g/mol. The van der Waals surface area contributed by atoms with Crippen LogP contribution < -0.4 is 4.90 Å². The summed E-state index contributed by atoms with van der Waals surface area (Å²) >= 11 is 3.19. The number of anilines is 1. The maximum absolute atomic E-state index is 11.3. The smallest absolute Gasteiger partial charge is 0.293 e. The van der Waals surface area contributed by atoms with Gasteiger partial charge in [-0.25, -0.2) is 8.42 Å². The molecule has 1 heterocycles. The summed E-state index contributed by atoms with van der Waals surface area (Å²) in [4.78, 5) is 12.3. The summed E-state index contributed by atoms with van der Waals surface area (Å²) in [6.07, 6.45) is 0. The van der Waals surface area contributed by atoms with Gasteiger partial charge in [-0.05, 0) is 12.1 Å². The lowest BCUT2D eigenvalue weighted by Gasteiger charge is -2.28. The van der Waals surface area contributed by atoms with Gasteiger partial charge < -0.3 is 4.90 Å². The molecule has 0 N–H and O–H groups in total. The van der Waals surface area contributed by atoms with E-state index in [1.807, 2.05) is 0 Å². The Morgan fingerprint density at radius 1 is 1.28 bits per heavy atom. The van der Waals surface area contributed by atoms with Gasteiger partial charge >= 0.3 is 0 Å². The molecule has 0 atom stereocenters. The van der Waals surface area contributed by atoms with Crippen LogP contribution in [0.2, 0.25) is 0 Å². The van der Waals surface area contributed by atoms with Gasteiger partial charge in [0.25, 0.3) is 5.69 Å². The van der Waals surface area contributed by atoms with E-state index in [-0.39, 0.29) is 17.2 Å². The van der Waals surface area contributed by atoms with Crippen molar-refractivity contribution in [3.05, 3.63) is 32.8 Å². The van der Waals surface area contributed by atoms with Crippen molar-refractivity contribution in [1.29, 1.82) is 0 Å². The molecule has 1 fully saturated rings. The second kappa shape index (κ2) is 4.85. The molecule has 8 heteroatoms. The predicted octanol–water partition coefficient (Wildman–Crippen LogP) is 1.59. The second-order valence-corrected chi connectivity index (χ2v) is 7.25. The molecule has 0 unspecified atom stereocenters. The fourth-order valence-corrected chi connectivity index (χ4v) is 3.41. The first kappa shape index (κ1) is 13.3. The van der Waals surface area contributed by atoms with Crippen LogP contribution in [0.5, 0.6) is 0 Å². The van der Waals surface area contributed by atoms with Crippen LogP contribution >= 0.6 is 15.9 Å². The average molecular weight is 335 g/mol. The summed E-state index contributed by atoms with van der Waals surface area (Å²) in [6.45, 7) is 0.593. The topological polar surface area (TPSA) is 80.5 Å². The quantitative estimate of drug-likeness (QED) is 0.606. The van der Waals surface area contributed by atoms with Crippen LogP contribution in [0.1, 0.15) is 0 Å². The number of nitro groups is 1. The monoisotopic (exact) mass is 334 g/mol. The van der Waals surface area contributed by atoms with Gasteiger partial charge in [-0.15, -0.1) is 0 Å². The molecule has 1 aromatic carbocycles. The van der Waals surface area contributed by atoms with Crippen molar-refractivity contribution < 1.29 is 13.3 Å². The number of benzene rings is 1. The van der Waals surface area contributed by atoms with E-state index in [1.54, 1.807) is 17.0 Å². The van der Waals surface area contributed by atoms with Gasteiger partial charge in [0.05, 0.1) is 16.4 Å². The SMILES string of the molecule is O=[N+]([O-])c1cc(Br)ccc1N1CCS(=O)(=O)CC1. The molecule has 0 bridgehead atoms. The first-order valence-electron chi connectivity index (χ1n) is 5.28. The van der Waals surface area contributed by atoms with Gasteiger partial charge in [-0.1, -0.05) is 15.9 Å². The predicted molar refractivity (Wildman–Crippen MR) is 71.7 cm³/mol. The summed E-state index contributed by atoms with van der Waals surface area (Å²) in [5.41, 5.74) is 0.460. The Bertz CT molecular complexity index is 574. The largest absolute Gasteiger partial charge is 0.364 e. The van der Waals surface area contributed by atoms with E-state index in [0.29, 0.717) is 23.2 Å². The molecule has 0 saturated carbocycles. The maximum Gasteiger partial charge on any atom is 0.293 e. The maximum atomic E-state index is 11.3. The van der Waals surface area contributed by atoms with E-state index in [4.69, 9.17) is 0 Å². The third-order valence-corrected chi connectivity index (χ3v) is 4.92. The first-order valence-corrected chi connectivity index (χ1v) is 7.90. The normalized spacial score (nSPS) is 18.6. The molecular formula is C10H11BrN2O4S. The van der Waals surface area contributed by atoms with Crippen LogP contribution in [-0.4, -0.2) is 37.9 Å². The summed E-state index contributed by atoms with van der Waals surface area (Å²) in [7, 11) is -2.99. The number of nitro benzene ring substituents is 1. The molecule has 1 aliphatic rings. The van der Waals surface area contributed by atoms with E-state index in [9.17, 15) is 18.5 Å². The molecule has 0 aromatic heterocycles. The Kier molecular flexibility index (Phi) is 3.58. The highest BCUT2D eigenvalue weighted by atomic mass is 79.9. The summed E-state index contributed by atoms with van der Waals surface area (Å²) in [5, 5.41) is 11.0. The molecule has 1 aromatic rings.